The van der Waals surface area contributed by atoms with E-state index < -0.39 is 0 Å². The van der Waals surface area contributed by atoms with Crippen molar-refractivity contribution in [3.63, 3.8) is 0 Å². The molecule has 0 spiro atoms. The largest absolute Gasteiger partial charge is 0.313 e. The summed E-state index contributed by atoms with van der Waals surface area (Å²) in [6, 6.07) is 0. The third-order valence-electron chi connectivity index (χ3n) is 1.27. The summed E-state index contributed by atoms with van der Waals surface area (Å²) in [5, 5.41) is 15.0. The molecule has 62 valence electrons. The van der Waals surface area contributed by atoms with E-state index in [-0.39, 0.29) is 0 Å². The quantitative estimate of drug-likeness (QED) is 0.728. The lowest BCUT2D eigenvalue weighted by molar-refractivity contribution is 0.774. The van der Waals surface area contributed by atoms with E-state index in [0.717, 1.165) is 5.01 Å². The van der Waals surface area contributed by atoms with Crippen molar-refractivity contribution in [3.8, 4) is 0 Å². The normalized spacial score (nSPS) is 10.3. The second-order valence-electron chi connectivity index (χ2n) is 2.14. The van der Waals surface area contributed by atoms with Gasteiger partial charge in [-0.3, -0.25) is 5.10 Å². The van der Waals surface area contributed by atoms with E-state index in [4.69, 9.17) is 12.2 Å². The molecule has 0 saturated carbocycles. The Labute approximate surface area is 77.1 Å². The molecular formula is C5H5N5S2. The summed E-state index contributed by atoms with van der Waals surface area (Å²) in [6.45, 7) is 0.671. The summed E-state index contributed by atoms with van der Waals surface area (Å²) in [7, 11) is 0. The average Bonchev–Trinajstić information content (AvgIpc) is 2.63. The highest BCUT2D eigenvalue weighted by atomic mass is 32.1. The third-order valence-corrected chi connectivity index (χ3v) is 2.34. The van der Waals surface area contributed by atoms with Crippen LogP contribution in [-0.4, -0.2) is 25.0 Å². The number of H-pyrrole nitrogens is 1. The van der Waals surface area contributed by atoms with Gasteiger partial charge in [0.2, 0.25) is 0 Å². The molecule has 5 nitrogen and oxygen atoms in total. The van der Waals surface area contributed by atoms with Crippen molar-refractivity contribution < 1.29 is 0 Å². The van der Waals surface area contributed by atoms with Gasteiger partial charge in [0.25, 0.3) is 0 Å². The average molecular weight is 199 g/mol. The number of hydrogen-bond donors (Lipinski definition) is 1. The van der Waals surface area contributed by atoms with Crippen molar-refractivity contribution >= 4 is 23.6 Å². The van der Waals surface area contributed by atoms with Gasteiger partial charge >= 0.3 is 0 Å². The number of nitrogens with one attached hydrogen (secondary N) is 1. The van der Waals surface area contributed by atoms with Crippen LogP contribution < -0.4 is 0 Å². The summed E-state index contributed by atoms with van der Waals surface area (Å²) in [4.78, 5) is 0. The van der Waals surface area contributed by atoms with Gasteiger partial charge in [-0.25, -0.2) is 0 Å². The Morgan fingerprint density at radius 2 is 2.25 bits per heavy atom. The summed E-state index contributed by atoms with van der Waals surface area (Å²) >= 11 is 6.35. The molecule has 7 heteroatoms. The fourth-order valence-corrected chi connectivity index (χ4v) is 1.73. The van der Waals surface area contributed by atoms with Crippen LogP contribution >= 0.6 is 23.6 Å². The molecular weight excluding hydrogens is 194 g/mol. The van der Waals surface area contributed by atoms with E-state index in [1.807, 2.05) is 4.57 Å². The van der Waals surface area contributed by atoms with Crippen molar-refractivity contribution in [2.75, 3.05) is 0 Å². The van der Waals surface area contributed by atoms with Crippen LogP contribution in [0.5, 0.6) is 0 Å². The molecule has 0 radical (unpaired) electrons. The van der Waals surface area contributed by atoms with Gasteiger partial charge in [-0.15, -0.1) is 10.2 Å². The third kappa shape index (κ3) is 1.56. The number of aromatic amines is 1. The summed E-state index contributed by atoms with van der Waals surface area (Å²) < 4.78 is 2.53. The lowest BCUT2D eigenvalue weighted by Crippen LogP contribution is -1.95. The minimum Gasteiger partial charge on any atom is -0.313 e. The Kier molecular flexibility index (Phi) is 1.96. The SMILES string of the molecule is S=c1[nH]nc(Cn2cnnc2)s1. The fraction of sp³-hybridized carbons (Fsp3) is 0.200. The molecule has 0 aliphatic rings. The summed E-state index contributed by atoms with van der Waals surface area (Å²) in [6.07, 6.45) is 3.29. The summed E-state index contributed by atoms with van der Waals surface area (Å²) in [5.41, 5.74) is 0. The van der Waals surface area contributed by atoms with E-state index in [1.165, 1.54) is 11.3 Å². The zero-order chi connectivity index (χ0) is 8.39. The van der Waals surface area contributed by atoms with Crippen LogP contribution in [0, 0.1) is 3.95 Å². The van der Waals surface area contributed by atoms with Crippen molar-refractivity contribution in [3.05, 3.63) is 21.6 Å². The predicted octanol–water partition coefficient (Wildman–Crippen LogP) is 0.840. The standard InChI is InChI=1S/C5H5N5S2/c11-5-9-8-4(12-5)1-10-2-6-7-3-10/h2-3H,1H2,(H,9,11). The molecule has 1 N–H and O–H groups in total. The minimum absolute atomic E-state index is 0.671. The zero-order valence-electron chi connectivity index (χ0n) is 5.97. The van der Waals surface area contributed by atoms with Gasteiger partial charge < -0.3 is 4.57 Å². The van der Waals surface area contributed by atoms with E-state index in [9.17, 15) is 0 Å². The van der Waals surface area contributed by atoms with Crippen LogP contribution in [0.1, 0.15) is 5.01 Å². The first kappa shape index (κ1) is 7.56. The Bertz CT molecular complexity index is 399. The molecule has 0 aliphatic carbocycles. The molecule has 0 atom stereocenters. The number of nitrogens with zero attached hydrogens (tertiary/aromatic N) is 4. The van der Waals surface area contributed by atoms with E-state index in [1.54, 1.807) is 12.7 Å². The lowest BCUT2D eigenvalue weighted by Gasteiger charge is -1.92. The molecule has 0 aromatic carbocycles. The molecule has 2 rings (SSSR count). The van der Waals surface area contributed by atoms with E-state index in [2.05, 4.69) is 20.4 Å². The molecule has 0 amide bonds. The number of rotatable bonds is 2. The van der Waals surface area contributed by atoms with Crippen LogP contribution in [0.3, 0.4) is 0 Å². The van der Waals surface area contributed by atoms with Crippen molar-refractivity contribution in [1.29, 1.82) is 0 Å². The van der Waals surface area contributed by atoms with Gasteiger partial charge in [-0.05, 0) is 12.2 Å². The first-order chi connectivity index (χ1) is 5.84. The second kappa shape index (κ2) is 3.11. The van der Waals surface area contributed by atoms with Crippen molar-refractivity contribution in [2.24, 2.45) is 0 Å². The van der Waals surface area contributed by atoms with Gasteiger partial charge in [0.15, 0.2) is 3.95 Å². The fourth-order valence-electron chi connectivity index (χ4n) is 0.788. The first-order valence-corrected chi connectivity index (χ1v) is 4.44. The molecule has 0 fully saturated rings. The molecule has 0 aliphatic heterocycles. The number of aromatic nitrogens is 5. The maximum Gasteiger partial charge on any atom is 0.176 e. The maximum absolute atomic E-state index is 4.89. The van der Waals surface area contributed by atoms with Gasteiger partial charge in [0.05, 0.1) is 6.54 Å². The van der Waals surface area contributed by atoms with Crippen molar-refractivity contribution in [2.45, 2.75) is 6.54 Å². The molecule has 12 heavy (non-hydrogen) atoms. The molecule has 0 unspecified atom stereocenters. The monoisotopic (exact) mass is 199 g/mol. The highest BCUT2D eigenvalue weighted by molar-refractivity contribution is 7.73. The molecule has 2 aromatic rings. The Hall–Kier alpha value is -1.08. The van der Waals surface area contributed by atoms with Crippen molar-refractivity contribution in [1.82, 2.24) is 25.0 Å². The Morgan fingerprint density at radius 1 is 1.50 bits per heavy atom. The van der Waals surface area contributed by atoms with E-state index >= 15 is 0 Å². The highest BCUT2D eigenvalue weighted by Gasteiger charge is 1.97. The minimum atomic E-state index is 0.671. The maximum atomic E-state index is 4.89. The smallest absolute Gasteiger partial charge is 0.176 e. The predicted molar refractivity (Wildman–Crippen MR) is 46.4 cm³/mol. The van der Waals surface area contributed by atoms with Crippen LogP contribution in [0.4, 0.5) is 0 Å². The Balaban J connectivity index is 2.19. The first-order valence-electron chi connectivity index (χ1n) is 3.21. The lowest BCUT2D eigenvalue weighted by atomic mass is 10.7. The Morgan fingerprint density at radius 3 is 2.83 bits per heavy atom. The topological polar surface area (TPSA) is 59.4 Å². The molecule has 2 heterocycles. The van der Waals surface area contributed by atoms with Crippen LogP contribution in [0.25, 0.3) is 0 Å². The van der Waals surface area contributed by atoms with E-state index in [0.29, 0.717) is 10.5 Å². The zero-order valence-corrected chi connectivity index (χ0v) is 7.60. The van der Waals surface area contributed by atoms with Crippen LogP contribution in [0.15, 0.2) is 12.7 Å². The van der Waals surface area contributed by atoms with Gasteiger partial charge in [-0.1, -0.05) is 11.3 Å². The molecule has 0 saturated heterocycles. The highest BCUT2D eigenvalue weighted by Crippen LogP contribution is 2.05. The van der Waals surface area contributed by atoms with Crippen LogP contribution in [-0.2, 0) is 6.54 Å². The van der Waals surface area contributed by atoms with Gasteiger partial charge in [0.1, 0.15) is 17.7 Å². The van der Waals surface area contributed by atoms with Gasteiger partial charge in [0, 0.05) is 0 Å². The number of hydrogen-bond acceptors (Lipinski definition) is 5. The molecule has 0 bridgehead atoms. The van der Waals surface area contributed by atoms with Gasteiger partial charge in [-0.2, -0.15) is 5.10 Å². The van der Waals surface area contributed by atoms with Crippen LogP contribution in [0.2, 0.25) is 0 Å². The summed E-state index contributed by atoms with van der Waals surface area (Å²) in [5.74, 6) is 0. The molecule has 2 aromatic heterocycles. The second-order valence-corrected chi connectivity index (χ2v) is 3.89.